The highest BCUT2D eigenvalue weighted by molar-refractivity contribution is 5.90. The van der Waals surface area contributed by atoms with E-state index in [2.05, 4.69) is 0 Å². The SMILES string of the molecule is NC(=O)CC[C@H]1CN(c2ccc(N)c(F)c2)C(=O)O1. The summed E-state index contributed by atoms with van der Waals surface area (Å²) in [6.45, 7) is 0.259. The summed E-state index contributed by atoms with van der Waals surface area (Å²) in [5.41, 5.74) is 10.8. The molecule has 1 heterocycles. The van der Waals surface area contributed by atoms with Gasteiger partial charge in [-0.1, -0.05) is 0 Å². The van der Waals surface area contributed by atoms with Gasteiger partial charge in [0.15, 0.2) is 0 Å². The van der Waals surface area contributed by atoms with Crippen molar-refractivity contribution in [3.05, 3.63) is 24.0 Å². The lowest BCUT2D eigenvalue weighted by Crippen LogP contribution is -2.25. The zero-order valence-electron chi connectivity index (χ0n) is 10.1. The standard InChI is InChI=1S/C12H14FN3O3/c13-9-5-7(1-3-10(9)14)16-6-8(19-12(16)18)2-4-11(15)17/h1,3,5,8H,2,4,6,14H2,(H2,15,17)/t8-/m0/s1. The second-order valence-corrected chi connectivity index (χ2v) is 4.33. The van der Waals surface area contributed by atoms with Gasteiger partial charge in [-0.15, -0.1) is 0 Å². The zero-order valence-corrected chi connectivity index (χ0v) is 10.1. The number of primary amides is 1. The predicted molar refractivity (Wildman–Crippen MR) is 66.9 cm³/mol. The van der Waals surface area contributed by atoms with E-state index in [1.807, 2.05) is 0 Å². The van der Waals surface area contributed by atoms with E-state index in [4.69, 9.17) is 16.2 Å². The molecule has 1 atom stereocenters. The number of carbonyl (C=O) groups excluding carboxylic acids is 2. The molecule has 0 aliphatic carbocycles. The Kier molecular flexibility index (Phi) is 3.55. The van der Waals surface area contributed by atoms with Crippen molar-refractivity contribution in [2.45, 2.75) is 18.9 Å². The lowest BCUT2D eigenvalue weighted by molar-refractivity contribution is -0.118. The van der Waals surface area contributed by atoms with Crippen molar-refractivity contribution in [3.8, 4) is 0 Å². The summed E-state index contributed by atoms with van der Waals surface area (Å²) in [6, 6.07) is 4.10. The molecule has 6 nitrogen and oxygen atoms in total. The third-order valence-corrected chi connectivity index (χ3v) is 2.88. The number of nitrogens with two attached hydrogens (primary N) is 2. The molecule has 0 aromatic heterocycles. The molecule has 19 heavy (non-hydrogen) atoms. The van der Waals surface area contributed by atoms with Gasteiger partial charge in [0.1, 0.15) is 11.9 Å². The molecule has 2 amide bonds. The van der Waals surface area contributed by atoms with Crippen molar-refractivity contribution in [1.82, 2.24) is 0 Å². The highest BCUT2D eigenvalue weighted by Gasteiger charge is 2.32. The molecule has 1 aliphatic rings. The lowest BCUT2D eigenvalue weighted by atomic mass is 10.2. The summed E-state index contributed by atoms with van der Waals surface area (Å²) in [6.07, 6.45) is -0.490. The number of amides is 2. The largest absolute Gasteiger partial charge is 0.444 e. The maximum absolute atomic E-state index is 13.3. The number of cyclic esters (lactones) is 1. The van der Waals surface area contributed by atoms with Crippen LogP contribution in [0.1, 0.15) is 12.8 Å². The molecule has 2 rings (SSSR count). The van der Waals surface area contributed by atoms with Crippen LogP contribution in [-0.2, 0) is 9.53 Å². The minimum Gasteiger partial charge on any atom is -0.444 e. The molecule has 4 N–H and O–H groups in total. The Morgan fingerprint density at radius 3 is 2.89 bits per heavy atom. The van der Waals surface area contributed by atoms with E-state index >= 15 is 0 Å². The number of anilines is 2. The average molecular weight is 267 g/mol. The fourth-order valence-corrected chi connectivity index (χ4v) is 1.87. The van der Waals surface area contributed by atoms with E-state index in [1.54, 1.807) is 0 Å². The summed E-state index contributed by atoms with van der Waals surface area (Å²) >= 11 is 0. The van der Waals surface area contributed by atoms with Crippen molar-refractivity contribution in [3.63, 3.8) is 0 Å². The third-order valence-electron chi connectivity index (χ3n) is 2.88. The quantitative estimate of drug-likeness (QED) is 0.795. The van der Waals surface area contributed by atoms with Crippen molar-refractivity contribution in [2.75, 3.05) is 17.2 Å². The van der Waals surface area contributed by atoms with Gasteiger partial charge < -0.3 is 16.2 Å². The van der Waals surface area contributed by atoms with Crippen molar-refractivity contribution in [2.24, 2.45) is 5.73 Å². The summed E-state index contributed by atoms with van der Waals surface area (Å²) in [7, 11) is 0. The number of hydrogen-bond donors (Lipinski definition) is 2. The number of halogens is 1. The average Bonchev–Trinajstić information content (AvgIpc) is 2.72. The van der Waals surface area contributed by atoms with E-state index in [0.29, 0.717) is 12.1 Å². The molecule has 1 aromatic rings. The van der Waals surface area contributed by atoms with Gasteiger partial charge in [-0.05, 0) is 24.6 Å². The second-order valence-electron chi connectivity index (χ2n) is 4.33. The van der Waals surface area contributed by atoms with Crippen LogP contribution in [-0.4, -0.2) is 24.6 Å². The van der Waals surface area contributed by atoms with E-state index < -0.39 is 23.9 Å². The molecular formula is C12H14FN3O3. The van der Waals surface area contributed by atoms with Gasteiger partial charge in [0, 0.05) is 6.42 Å². The fourth-order valence-electron chi connectivity index (χ4n) is 1.87. The molecule has 1 saturated heterocycles. The molecule has 102 valence electrons. The smallest absolute Gasteiger partial charge is 0.414 e. The number of benzene rings is 1. The Hall–Kier alpha value is -2.31. The Labute approximate surface area is 109 Å². The lowest BCUT2D eigenvalue weighted by Gasteiger charge is -2.13. The molecule has 0 bridgehead atoms. The van der Waals surface area contributed by atoms with Crippen LogP contribution >= 0.6 is 0 Å². The maximum atomic E-state index is 13.3. The first kappa shape index (κ1) is 13.1. The number of ether oxygens (including phenoxy) is 1. The Morgan fingerprint density at radius 1 is 1.53 bits per heavy atom. The predicted octanol–water partition coefficient (Wildman–Crippen LogP) is 0.999. The molecule has 0 saturated carbocycles. The molecule has 0 spiro atoms. The van der Waals surface area contributed by atoms with Crippen LogP contribution < -0.4 is 16.4 Å². The van der Waals surface area contributed by atoms with Crippen LogP contribution in [0.2, 0.25) is 0 Å². The summed E-state index contributed by atoms with van der Waals surface area (Å²) in [4.78, 5) is 23.6. The Morgan fingerprint density at radius 2 is 2.26 bits per heavy atom. The molecule has 1 fully saturated rings. The number of nitrogen functional groups attached to an aromatic ring is 1. The van der Waals surface area contributed by atoms with Crippen LogP contribution in [0.3, 0.4) is 0 Å². The van der Waals surface area contributed by atoms with Gasteiger partial charge in [-0.2, -0.15) is 0 Å². The summed E-state index contributed by atoms with van der Waals surface area (Å²) < 4.78 is 18.4. The van der Waals surface area contributed by atoms with Crippen LogP contribution in [0, 0.1) is 5.82 Å². The number of carbonyl (C=O) groups is 2. The first-order valence-electron chi connectivity index (χ1n) is 5.79. The van der Waals surface area contributed by atoms with Gasteiger partial charge in [0.25, 0.3) is 0 Å². The Bertz CT molecular complexity index is 521. The highest BCUT2D eigenvalue weighted by Crippen LogP contribution is 2.25. The van der Waals surface area contributed by atoms with Gasteiger partial charge >= 0.3 is 6.09 Å². The van der Waals surface area contributed by atoms with E-state index in [-0.39, 0.29) is 18.7 Å². The monoisotopic (exact) mass is 267 g/mol. The number of rotatable bonds is 4. The van der Waals surface area contributed by atoms with Crippen molar-refractivity contribution < 1.29 is 18.7 Å². The maximum Gasteiger partial charge on any atom is 0.414 e. The summed E-state index contributed by atoms with van der Waals surface area (Å²) in [5, 5.41) is 0. The van der Waals surface area contributed by atoms with Gasteiger partial charge in [0.2, 0.25) is 5.91 Å². The molecule has 0 radical (unpaired) electrons. The molecule has 1 aliphatic heterocycles. The number of hydrogen-bond acceptors (Lipinski definition) is 4. The third kappa shape index (κ3) is 2.93. The van der Waals surface area contributed by atoms with Gasteiger partial charge in [0.05, 0.1) is 17.9 Å². The van der Waals surface area contributed by atoms with E-state index in [1.165, 1.54) is 23.1 Å². The van der Waals surface area contributed by atoms with Crippen LogP contribution in [0.5, 0.6) is 0 Å². The molecule has 1 aromatic carbocycles. The highest BCUT2D eigenvalue weighted by atomic mass is 19.1. The fraction of sp³-hybridized carbons (Fsp3) is 0.333. The summed E-state index contributed by atoms with van der Waals surface area (Å²) in [5.74, 6) is -1.04. The second kappa shape index (κ2) is 5.13. The van der Waals surface area contributed by atoms with Crippen molar-refractivity contribution >= 4 is 23.4 Å². The Balaban J connectivity index is 2.07. The zero-order chi connectivity index (χ0) is 14.0. The van der Waals surface area contributed by atoms with Crippen LogP contribution in [0.15, 0.2) is 18.2 Å². The topological polar surface area (TPSA) is 98.7 Å². The van der Waals surface area contributed by atoms with Crippen LogP contribution in [0.4, 0.5) is 20.6 Å². The molecular weight excluding hydrogens is 253 g/mol. The minimum absolute atomic E-state index is 0.0154. The van der Waals surface area contributed by atoms with Gasteiger partial charge in [-0.3, -0.25) is 9.69 Å². The molecule has 7 heteroatoms. The molecule has 0 unspecified atom stereocenters. The normalized spacial score (nSPS) is 18.5. The minimum atomic E-state index is -0.592. The van der Waals surface area contributed by atoms with E-state index in [9.17, 15) is 14.0 Å². The first-order valence-corrected chi connectivity index (χ1v) is 5.79. The number of nitrogens with zero attached hydrogens (tertiary/aromatic N) is 1. The van der Waals surface area contributed by atoms with Crippen LogP contribution in [0.25, 0.3) is 0 Å². The van der Waals surface area contributed by atoms with E-state index in [0.717, 1.165) is 0 Å². The van der Waals surface area contributed by atoms with Crippen molar-refractivity contribution in [1.29, 1.82) is 0 Å². The first-order chi connectivity index (χ1) is 8.97. The van der Waals surface area contributed by atoms with Gasteiger partial charge in [-0.25, -0.2) is 9.18 Å².